The number of benzene rings is 1. The molecule has 2 amide bonds. The lowest BCUT2D eigenvalue weighted by Gasteiger charge is -2.26. The van der Waals surface area contributed by atoms with Crippen molar-refractivity contribution in [3.63, 3.8) is 0 Å². The van der Waals surface area contributed by atoms with Gasteiger partial charge in [-0.15, -0.1) is 0 Å². The Balaban J connectivity index is 2.28. The van der Waals surface area contributed by atoms with Crippen molar-refractivity contribution < 1.29 is 14.0 Å². The van der Waals surface area contributed by atoms with Gasteiger partial charge in [-0.3, -0.25) is 9.59 Å². The smallest absolute Gasteiger partial charge is 0.256 e. The lowest BCUT2D eigenvalue weighted by atomic mass is 10.1. The molecule has 20 heavy (non-hydrogen) atoms. The minimum absolute atomic E-state index is 0.114. The van der Waals surface area contributed by atoms with Gasteiger partial charge in [-0.1, -0.05) is 6.07 Å². The number of nitrogens with zero attached hydrogens (tertiary/aromatic N) is 2. The highest BCUT2D eigenvalue weighted by Crippen LogP contribution is 2.24. The standard InChI is InChI=1S/C14H18FN3O2/c1-17(2)14(20)11-7-4-8-18(11)13(19)9-5-3-6-10(15)12(9)16/h3,5-6,11H,4,7-8,16H2,1-2H3. The second kappa shape index (κ2) is 5.48. The van der Waals surface area contributed by atoms with Gasteiger partial charge in [0.2, 0.25) is 5.91 Å². The van der Waals surface area contributed by atoms with Gasteiger partial charge < -0.3 is 15.5 Å². The lowest BCUT2D eigenvalue weighted by Crippen LogP contribution is -2.45. The van der Waals surface area contributed by atoms with Crippen LogP contribution in [0.2, 0.25) is 0 Å². The molecule has 0 saturated carbocycles. The zero-order valence-corrected chi connectivity index (χ0v) is 11.6. The molecular formula is C14H18FN3O2. The summed E-state index contributed by atoms with van der Waals surface area (Å²) in [5, 5.41) is 0. The maximum atomic E-state index is 13.4. The highest BCUT2D eigenvalue weighted by atomic mass is 19.1. The van der Waals surface area contributed by atoms with Crippen LogP contribution in [0.4, 0.5) is 10.1 Å². The van der Waals surface area contributed by atoms with E-state index in [1.54, 1.807) is 14.1 Å². The van der Waals surface area contributed by atoms with Crippen molar-refractivity contribution in [2.24, 2.45) is 0 Å². The first kappa shape index (κ1) is 14.3. The molecule has 0 radical (unpaired) electrons. The Hall–Kier alpha value is -2.11. The summed E-state index contributed by atoms with van der Waals surface area (Å²) < 4.78 is 13.4. The van der Waals surface area contributed by atoms with Gasteiger partial charge in [-0.25, -0.2) is 4.39 Å². The summed E-state index contributed by atoms with van der Waals surface area (Å²) in [6.07, 6.45) is 1.38. The molecule has 1 aromatic carbocycles. The van der Waals surface area contributed by atoms with Crippen LogP contribution in [0, 0.1) is 5.82 Å². The van der Waals surface area contributed by atoms with E-state index in [1.807, 2.05) is 0 Å². The number of carbonyl (C=O) groups is 2. The van der Waals surface area contributed by atoms with Crippen LogP contribution in [0.15, 0.2) is 18.2 Å². The molecule has 0 spiro atoms. The fourth-order valence-corrected chi connectivity index (χ4v) is 2.44. The zero-order valence-electron chi connectivity index (χ0n) is 11.6. The van der Waals surface area contributed by atoms with Crippen molar-refractivity contribution in [3.05, 3.63) is 29.6 Å². The van der Waals surface area contributed by atoms with Crippen LogP contribution < -0.4 is 5.73 Å². The van der Waals surface area contributed by atoms with Crippen molar-refractivity contribution in [1.29, 1.82) is 0 Å². The fourth-order valence-electron chi connectivity index (χ4n) is 2.44. The van der Waals surface area contributed by atoms with Crippen molar-refractivity contribution >= 4 is 17.5 Å². The number of hydrogen-bond donors (Lipinski definition) is 1. The number of likely N-dealkylation sites (N-methyl/N-ethyl adjacent to an activating group) is 1. The van der Waals surface area contributed by atoms with Crippen molar-refractivity contribution in [2.75, 3.05) is 26.4 Å². The molecule has 1 aromatic rings. The van der Waals surface area contributed by atoms with Crippen LogP contribution >= 0.6 is 0 Å². The summed E-state index contributed by atoms with van der Waals surface area (Å²) in [5.41, 5.74) is 5.56. The first-order chi connectivity index (χ1) is 9.43. The first-order valence-electron chi connectivity index (χ1n) is 6.49. The van der Waals surface area contributed by atoms with Gasteiger partial charge in [0.05, 0.1) is 11.3 Å². The second-order valence-corrected chi connectivity index (χ2v) is 5.09. The Morgan fingerprint density at radius 2 is 2.10 bits per heavy atom. The van der Waals surface area contributed by atoms with Crippen LogP contribution in [0.1, 0.15) is 23.2 Å². The quantitative estimate of drug-likeness (QED) is 0.824. The highest BCUT2D eigenvalue weighted by Gasteiger charge is 2.36. The molecule has 2 rings (SSSR count). The highest BCUT2D eigenvalue weighted by molar-refractivity contribution is 6.01. The predicted molar refractivity (Wildman–Crippen MR) is 73.6 cm³/mol. The number of likely N-dealkylation sites (tertiary alicyclic amines) is 1. The molecule has 2 N–H and O–H groups in total. The van der Waals surface area contributed by atoms with E-state index in [2.05, 4.69) is 0 Å². The molecular weight excluding hydrogens is 261 g/mol. The van der Waals surface area contributed by atoms with Crippen LogP contribution in [0.5, 0.6) is 0 Å². The fraction of sp³-hybridized carbons (Fsp3) is 0.429. The topological polar surface area (TPSA) is 66.6 Å². The van der Waals surface area contributed by atoms with Gasteiger partial charge in [0.15, 0.2) is 0 Å². The minimum atomic E-state index is -0.620. The molecule has 1 aliphatic rings. The maximum absolute atomic E-state index is 13.4. The van der Waals surface area contributed by atoms with Crippen LogP contribution in [-0.2, 0) is 4.79 Å². The van der Waals surface area contributed by atoms with Crippen LogP contribution in [-0.4, -0.2) is 48.3 Å². The summed E-state index contributed by atoms with van der Waals surface area (Å²) in [7, 11) is 3.31. The van der Waals surface area contributed by atoms with E-state index in [1.165, 1.54) is 28.0 Å². The number of carbonyl (C=O) groups excluding carboxylic acids is 2. The number of para-hydroxylation sites is 1. The third-order valence-corrected chi connectivity index (χ3v) is 3.52. The molecule has 1 heterocycles. The molecule has 1 aliphatic heterocycles. The predicted octanol–water partition coefficient (Wildman–Crippen LogP) is 1.10. The normalized spacial score (nSPS) is 18.1. The Labute approximate surface area is 117 Å². The van der Waals surface area contributed by atoms with Gasteiger partial charge in [-0.2, -0.15) is 0 Å². The van der Waals surface area contributed by atoms with E-state index in [0.29, 0.717) is 13.0 Å². The van der Waals surface area contributed by atoms with Crippen molar-refractivity contribution in [2.45, 2.75) is 18.9 Å². The molecule has 0 bridgehead atoms. The molecule has 1 saturated heterocycles. The Morgan fingerprint density at radius 3 is 2.75 bits per heavy atom. The number of nitrogen functional groups attached to an aromatic ring is 1. The number of amides is 2. The van der Waals surface area contributed by atoms with E-state index >= 15 is 0 Å². The number of nitrogens with two attached hydrogens (primary N) is 1. The largest absolute Gasteiger partial charge is 0.396 e. The molecule has 1 fully saturated rings. The first-order valence-corrected chi connectivity index (χ1v) is 6.49. The third kappa shape index (κ3) is 2.45. The summed E-state index contributed by atoms with van der Waals surface area (Å²) in [6.45, 7) is 0.485. The summed E-state index contributed by atoms with van der Waals surface area (Å²) in [4.78, 5) is 27.5. The number of halogens is 1. The van der Waals surface area contributed by atoms with Gasteiger partial charge >= 0.3 is 0 Å². The van der Waals surface area contributed by atoms with Gasteiger partial charge in [0.1, 0.15) is 11.9 Å². The van der Waals surface area contributed by atoms with E-state index in [0.717, 1.165) is 6.42 Å². The van der Waals surface area contributed by atoms with E-state index in [4.69, 9.17) is 5.73 Å². The molecule has 1 unspecified atom stereocenters. The summed E-state index contributed by atoms with van der Waals surface area (Å²) >= 11 is 0. The number of hydrogen-bond acceptors (Lipinski definition) is 3. The Kier molecular flexibility index (Phi) is 3.92. The summed E-state index contributed by atoms with van der Waals surface area (Å²) in [6, 6.07) is 3.65. The second-order valence-electron chi connectivity index (χ2n) is 5.09. The SMILES string of the molecule is CN(C)C(=O)C1CCCN1C(=O)c1cccc(F)c1N. The van der Waals surface area contributed by atoms with Gasteiger partial charge in [0, 0.05) is 20.6 Å². The number of rotatable bonds is 2. The molecule has 0 aromatic heterocycles. The monoisotopic (exact) mass is 279 g/mol. The van der Waals surface area contributed by atoms with Crippen molar-refractivity contribution in [1.82, 2.24) is 9.80 Å². The third-order valence-electron chi connectivity index (χ3n) is 3.52. The van der Waals surface area contributed by atoms with Crippen LogP contribution in [0.25, 0.3) is 0 Å². The van der Waals surface area contributed by atoms with Crippen molar-refractivity contribution in [3.8, 4) is 0 Å². The zero-order chi connectivity index (χ0) is 14.9. The molecule has 6 heteroatoms. The van der Waals surface area contributed by atoms with E-state index in [9.17, 15) is 14.0 Å². The molecule has 5 nitrogen and oxygen atoms in total. The minimum Gasteiger partial charge on any atom is -0.396 e. The van der Waals surface area contributed by atoms with Gasteiger partial charge in [0.25, 0.3) is 5.91 Å². The van der Waals surface area contributed by atoms with E-state index in [-0.39, 0.29) is 23.1 Å². The van der Waals surface area contributed by atoms with E-state index < -0.39 is 11.9 Å². The maximum Gasteiger partial charge on any atom is 0.256 e. The molecule has 108 valence electrons. The van der Waals surface area contributed by atoms with Gasteiger partial charge in [-0.05, 0) is 25.0 Å². The molecule has 0 aliphatic carbocycles. The number of anilines is 1. The Bertz CT molecular complexity index is 545. The average Bonchev–Trinajstić information content (AvgIpc) is 2.89. The Morgan fingerprint density at radius 1 is 1.40 bits per heavy atom. The van der Waals surface area contributed by atoms with Crippen LogP contribution in [0.3, 0.4) is 0 Å². The molecule has 1 atom stereocenters. The summed E-state index contributed by atoms with van der Waals surface area (Å²) in [5.74, 6) is -1.13. The lowest BCUT2D eigenvalue weighted by molar-refractivity contribution is -0.132. The average molecular weight is 279 g/mol.